The fourth-order valence-corrected chi connectivity index (χ4v) is 3.45. The number of hydrogen-bond donors (Lipinski definition) is 0. The third-order valence-corrected chi connectivity index (χ3v) is 4.96. The summed E-state index contributed by atoms with van der Waals surface area (Å²) in [6.07, 6.45) is 1.55. The van der Waals surface area contributed by atoms with E-state index in [2.05, 4.69) is 4.98 Å². The van der Waals surface area contributed by atoms with Crippen molar-refractivity contribution in [3.8, 4) is 5.69 Å². The number of fused-ring (bicyclic) bond motifs is 1. The van der Waals surface area contributed by atoms with Crippen LogP contribution in [0.2, 0.25) is 0 Å². The molecular formula is C22H20N4O4. The van der Waals surface area contributed by atoms with E-state index in [0.29, 0.717) is 29.0 Å². The number of benzene rings is 2. The molecule has 0 unspecified atom stereocenters. The van der Waals surface area contributed by atoms with Gasteiger partial charge < -0.3 is 9.30 Å². The van der Waals surface area contributed by atoms with Crippen LogP contribution in [0, 0.1) is 0 Å². The Balaban J connectivity index is 1.86. The van der Waals surface area contributed by atoms with E-state index in [4.69, 9.17) is 4.74 Å². The first-order valence-corrected chi connectivity index (χ1v) is 9.48. The van der Waals surface area contributed by atoms with Crippen molar-refractivity contribution in [3.05, 3.63) is 92.9 Å². The van der Waals surface area contributed by atoms with Gasteiger partial charge in [0.15, 0.2) is 11.2 Å². The van der Waals surface area contributed by atoms with E-state index in [9.17, 15) is 14.4 Å². The molecule has 0 fully saturated rings. The van der Waals surface area contributed by atoms with Gasteiger partial charge in [0.2, 0.25) is 0 Å². The zero-order valence-electron chi connectivity index (χ0n) is 16.6. The molecule has 0 aliphatic heterocycles. The van der Waals surface area contributed by atoms with E-state index in [1.165, 1.54) is 16.2 Å². The van der Waals surface area contributed by atoms with Crippen LogP contribution < -0.4 is 11.2 Å². The molecule has 0 spiro atoms. The molecule has 4 aromatic rings. The van der Waals surface area contributed by atoms with Crippen LogP contribution in [0.25, 0.3) is 16.9 Å². The topological polar surface area (TPSA) is 88.1 Å². The van der Waals surface area contributed by atoms with Crippen LogP contribution in [0.3, 0.4) is 0 Å². The average Bonchev–Trinajstić information content (AvgIpc) is 3.18. The molecule has 0 bridgehead atoms. The van der Waals surface area contributed by atoms with Crippen molar-refractivity contribution in [1.82, 2.24) is 18.7 Å². The van der Waals surface area contributed by atoms with Crippen molar-refractivity contribution in [2.45, 2.75) is 20.0 Å². The van der Waals surface area contributed by atoms with Crippen molar-refractivity contribution in [1.29, 1.82) is 0 Å². The van der Waals surface area contributed by atoms with Gasteiger partial charge in [0, 0.05) is 13.1 Å². The molecule has 0 saturated carbocycles. The number of para-hydroxylation sites is 1. The third-order valence-electron chi connectivity index (χ3n) is 4.96. The van der Waals surface area contributed by atoms with E-state index in [1.807, 2.05) is 18.2 Å². The number of methoxy groups -OCH3 is 1. The van der Waals surface area contributed by atoms with Crippen molar-refractivity contribution in [2.75, 3.05) is 7.11 Å². The second kappa shape index (κ2) is 7.82. The normalized spacial score (nSPS) is 11.0. The van der Waals surface area contributed by atoms with Gasteiger partial charge in [-0.3, -0.25) is 9.36 Å². The lowest BCUT2D eigenvalue weighted by Crippen LogP contribution is -2.39. The van der Waals surface area contributed by atoms with E-state index in [0.717, 1.165) is 5.56 Å². The van der Waals surface area contributed by atoms with Crippen molar-refractivity contribution in [3.63, 3.8) is 0 Å². The average molecular weight is 404 g/mol. The first kappa shape index (κ1) is 19.4. The van der Waals surface area contributed by atoms with Gasteiger partial charge in [0.05, 0.1) is 24.7 Å². The summed E-state index contributed by atoms with van der Waals surface area (Å²) in [5.74, 6) is -0.410. The molecule has 0 aliphatic carbocycles. The summed E-state index contributed by atoms with van der Waals surface area (Å²) in [6.45, 7) is 2.37. The monoisotopic (exact) mass is 404 g/mol. The number of hydrogen-bond acceptors (Lipinski definition) is 5. The van der Waals surface area contributed by atoms with Crippen LogP contribution in [0.5, 0.6) is 0 Å². The first-order chi connectivity index (χ1) is 14.5. The van der Waals surface area contributed by atoms with Crippen LogP contribution in [0.4, 0.5) is 0 Å². The summed E-state index contributed by atoms with van der Waals surface area (Å²) in [5.41, 5.74) is 1.82. The van der Waals surface area contributed by atoms with Crippen molar-refractivity contribution in [2.24, 2.45) is 0 Å². The van der Waals surface area contributed by atoms with Gasteiger partial charge in [-0.1, -0.05) is 30.3 Å². The predicted molar refractivity (Wildman–Crippen MR) is 112 cm³/mol. The third kappa shape index (κ3) is 3.22. The number of aromatic nitrogens is 4. The number of esters is 1. The second-order valence-corrected chi connectivity index (χ2v) is 6.74. The van der Waals surface area contributed by atoms with Gasteiger partial charge in [0.25, 0.3) is 5.56 Å². The molecule has 0 atom stereocenters. The zero-order valence-corrected chi connectivity index (χ0v) is 16.6. The van der Waals surface area contributed by atoms with Gasteiger partial charge in [-0.25, -0.2) is 19.1 Å². The summed E-state index contributed by atoms with van der Waals surface area (Å²) < 4.78 is 9.09. The highest BCUT2D eigenvalue weighted by molar-refractivity contribution is 5.89. The van der Waals surface area contributed by atoms with E-state index < -0.39 is 11.7 Å². The SMILES string of the molecule is CCn1c(=O)c2c(ncn2Cc2ccc(C(=O)OC)cc2)n(-c2ccccc2)c1=O. The Morgan fingerprint density at radius 1 is 1.03 bits per heavy atom. The molecule has 4 rings (SSSR count). The number of carbonyl (C=O) groups is 1. The standard InChI is InChI=1S/C22H20N4O4/c1-3-25-20(27)18-19(26(22(25)29)17-7-5-4-6-8-17)23-14-24(18)13-15-9-11-16(12-10-15)21(28)30-2/h4-12,14H,3,13H2,1-2H3. The zero-order chi connectivity index (χ0) is 21.3. The molecule has 30 heavy (non-hydrogen) atoms. The molecule has 2 aromatic carbocycles. The maximum atomic E-state index is 13.0. The molecule has 0 saturated heterocycles. The summed E-state index contributed by atoms with van der Waals surface area (Å²) in [6, 6.07) is 16.1. The molecular weight excluding hydrogens is 384 g/mol. The van der Waals surface area contributed by atoms with E-state index in [-0.39, 0.29) is 12.1 Å². The summed E-state index contributed by atoms with van der Waals surface area (Å²) in [4.78, 5) is 42.0. The lowest BCUT2D eigenvalue weighted by Gasteiger charge is -2.11. The van der Waals surface area contributed by atoms with Crippen LogP contribution >= 0.6 is 0 Å². The quantitative estimate of drug-likeness (QED) is 0.476. The predicted octanol–water partition coefficient (Wildman–Crippen LogP) is 2.20. The maximum absolute atomic E-state index is 13.0. The molecule has 8 heteroatoms. The Morgan fingerprint density at radius 3 is 2.37 bits per heavy atom. The minimum atomic E-state index is -0.422. The Morgan fingerprint density at radius 2 is 1.73 bits per heavy atom. The van der Waals surface area contributed by atoms with Gasteiger partial charge in [0.1, 0.15) is 0 Å². The van der Waals surface area contributed by atoms with E-state index >= 15 is 0 Å². The highest BCUT2D eigenvalue weighted by Crippen LogP contribution is 2.15. The van der Waals surface area contributed by atoms with Crippen LogP contribution in [-0.2, 0) is 17.8 Å². The van der Waals surface area contributed by atoms with Crippen LogP contribution in [0.15, 0.2) is 70.5 Å². The number of carbonyl (C=O) groups excluding carboxylic acids is 1. The first-order valence-electron chi connectivity index (χ1n) is 9.48. The number of ether oxygens (including phenoxy) is 1. The lowest BCUT2D eigenvalue weighted by atomic mass is 10.1. The van der Waals surface area contributed by atoms with Crippen molar-refractivity contribution < 1.29 is 9.53 Å². The van der Waals surface area contributed by atoms with Crippen LogP contribution in [-0.4, -0.2) is 31.8 Å². The molecule has 0 radical (unpaired) electrons. The molecule has 0 N–H and O–H groups in total. The summed E-state index contributed by atoms with van der Waals surface area (Å²) in [5, 5.41) is 0. The fraction of sp³-hybridized carbons (Fsp3) is 0.182. The highest BCUT2D eigenvalue weighted by atomic mass is 16.5. The smallest absolute Gasteiger partial charge is 0.337 e. The Hall–Kier alpha value is -3.94. The number of imidazole rings is 1. The lowest BCUT2D eigenvalue weighted by molar-refractivity contribution is 0.0600. The van der Waals surface area contributed by atoms with Crippen molar-refractivity contribution >= 4 is 17.1 Å². The summed E-state index contributed by atoms with van der Waals surface area (Å²) in [7, 11) is 1.33. The van der Waals surface area contributed by atoms with Gasteiger partial charge >= 0.3 is 11.7 Å². The van der Waals surface area contributed by atoms with Crippen LogP contribution in [0.1, 0.15) is 22.8 Å². The Labute approximate surface area is 171 Å². The maximum Gasteiger partial charge on any atom is 0.337 e. The Bertz CT molecular complexity index is 1330. The molecule has 8 nitrogen and oxygen atoms in total. The minimum absolute atomic E-state index is 0.249. The number of nitrogens with zero attached hydrogens (tertiary/aromatic N) is 4. The van der Waals surface area contributed by atoms with E-state index in [1.54, 1.807) is 54.2 Å². The highest BCUT2D eigenvalue weighted by Gasteiger charge is 2.18. The molecule has 0 aliphatic rings. The second-order valence-electron chi connectivity index (χ2n) is 6.74. The Kier molecular flexibility index (Phi) is 5.05. The van der Waals surface area contributed by atoms with Gasteiger partial charge in [-0.2, -0.15) is 0 Å². The van der Waals surface area contributed by atoms with Gasteiger partial charge in [-0.15, -0.1) is 0 Å². The molecule has 2 aromatic heterocycles. The molecule has 2 heterocycles. The number of rotatable bonds is 5. The minimum Gasteiger partial charge on any atom is -0.465 e. The summed E-state index contributed by atoms with van der Waals surface area (Å²) >= 11 is 0. The molecule has 0 amide bonds. The largest absolute Gasteiger partial charge is 0.465 e. The molecule has 152 valence electrons. The van der Waals surface area contributed by atoms with Gasteiger partial charge in [-0.05, 0) is 36.8 Å². The fourth-order valence-electron chi connectivity index (χ4n) is 3.45.